The van der Waals surface area contributed by atoms with E-state index < -0.39 is 6.09 Å². The second kappa shape index (κ2) is 8.25. The molecule has 0 aliphatic heterocycles. The van der Waals surface area contributed by atoms with Gasteiger partial charge in [0, 0.05) is 10.7 Å². The van der Waals surface area contributed by atoms with E-state index in [4.69, 9.17) is 16.3 Å². The third kappa shape index (κ3) is 4.17. The van der Waals surface area contributed by atoms with Gasteiger partial charge in [-0.1, -0.05) is 35.5 Å². The SMILES string of the molecule is CCOC(=O)n1c(SCC(=O)Nc2ccc(Cl)cc2)nc2ccccc21. The Kier molecular flexibility index (Phi) is 5.80. The van der Waals surface area contributed by atoms with Crippen LogP contribution in [-0.2, 0) is 9.53 Å². The van der Waals surface area contributed by atoms with E-state index in [1.807, 2.05) is 18.2 Å². The largest absolute Gasteiger partial charge is 0.449 e. The number of amides is 1. The summed E-state index contributed by atoms with van der Waals surface area (Å²) in [4.78, 5) is 28.9. The number of aromatic nitrogens is 2. The van der Waals surface area contributed by atoms with Crippen LogP contribution in [0.2, 0.25) is 5.02 Å². The molecule has 1 heterocycles. The normalized spacial score (nSPS) is 10.7. The summed E-state index contributed by atoms with van der Waals surface area (Å²) in [6, 6.07) is 14.1. The number of thioether (sulfide) groups is 1. The highest BCUT2D eigenvalue weighted by molar-refractivity contribution is 7.99. The Morgan fingerprint density at radius 2 is 1.92 bits per heavy atom. The van der Waals surface area contributed by atoms with E-state index in [0.717, 1.165) is 0 Å². The molecule has 0 spiro atoms. The first-order valence-electron chi connectivity index (χ1n) is 7.91. The fourth-order valence-corrected chi connectivity index (χ4v) is 3.25. The average molecular weight is 390 g/mol. The number of anilines is 1. The summed E-state index contributed by atoms with van der Waals surface area (Å²) in [5, 5.41) is 3.79. The van der Waals surface area contributed by atoms with Crippen molar-refractivity contribution in [3.63, 3.8) is 0 Å². The lowest BCUT2D eigenvalue weighted by Gasteiger charge is -2.08. The summed E-state index contributed by atoms with van der Waals surface area (Å²) in [5.74, 6) is -0.106. The Balaban J connectivity index is 1.75. The molecule has 0 bridgehead atoms. The number of imidazole rings is 1. The lowest BCUT2D eigenvalue weighted by atomic mass is 10.3. The second-order valence-corrected chi connectivity index (χ2v) is 6.64. The molecule has 0 unspecified atom stereocenters. The number of nitrogens with zero attached hydrogens (tertiary/aromatic N) is 2. The van der Waals surface area contributed by atoms with Gasteiger partial charge in [-0.2, -0.15) is 0 Å². The van der Waals surface area contributed by atoms with Crippen LogP contribution in [0.4, 0.5) is 10.5 Å². The Morgan fingerprint density at radius 3 is 2.65 bits per heavy atom. The van der Waals surface area contributed by atoms with E-state index in [-0.39, 0.29) is 18.3 Å². The monoisotopic (exact) mass is 389 g/mol. The highest BCUT2D eigenvalue weighted by atomic mass is 35.5. The van der Waals surface area contributed by atoms with Crippen LogP contribution in [0.25, 0.3) is 11.0 Å². The standard InChI is InChI=1S/C18H16ClN3O3S/c1-2-25-18(24)22-15-6-4-3-5-14(15)21-17(22)26-11-16(23)20-13-9-7-12(19)8-10-13/h3-10H,2,11H2,1H3,(H,20,23). The minimum atomic E-state index is -0.512. The van der Waals surface area contributed by atoms with Gasteiger partial charge >= 0.3 is 6.09 Å². The maximum atomic E-state index is 12.3. The lowest BCUT2D eigenvalue weighted by molar-refractivity contribution is -0.113. The zero-order valence-electron chi connectivity index (χ0n) is 13.9. The molecule has 1 aromatic heterocycles. The van der Waals surface area contributed by atoms with Crippen molar-refractivity contribution < 1.29 is 14.3 Å². The maximum absolute atomic E-state index is 12.3. The highest BCUT2D eigenvalue weighted by Crippen LogP contribution is 2.24. The van der Waals surface area contributed by atoms with E-state index in [9.17, 15) is 9.59 Å². The molecule has 3 aromatic rings. The molecule has 3 rings (SSSR count). The van der Waals surface area contributed by atoms with Gasteiger partial charge in [0.25, 0.3) is 0 Å². The van der Waals surface area contributed by atoms with Crippen LogP contribution in [0.15, 0.2) is 53.7 Å². The van der Waals surface area contributed by atoms with Gasteiger partial charge in [0.15, 0.2) is 5.16 Å². The summed E-state index contributed by atoms with van der Waals surface area (Å²) in [5.41, 5.74) is 1.96. The van der Waals surface area contributed by atoms with E-state index >= 15 is 0 Å². The predicted molar refractivity (Wildman–Crippen MR) is 103 cm³/mol. The molecule has 1 N–H and O–H groups in total. The number of carbonyl (C=O) groups is 2. The predicted octanol–water partition coefficient (Wildman–Crippen LogP) is 4.43. The molecule has 26 heavy (non-hydrogen) atoms. The molecule has 6 nitrogen and oxygen atoms in total. The van der Waals surface area contributed by atoms with Crippen LogP contribution in [0.5, 0.6) is 0 Å². The number of nitrogens with one attached hydrogen (secondary N) is 1. The fraction of sp³-hybridized carbons (Fsp3) is 0.167. The van der Waals surface area contributed by atoms with Crippen molar-refractivity contribution in [1.29, 1.82) is 0 Å². The molecule has 0 aliphatic carbocycles. The van der Waals surface area contributed by atoms with Crippen molar-refractivity contribution in [2.24, 2.45) is 0 Å². The van der Waals surface area contributed by atoms with Gasteiger partial charge in [-0.05, 0) is 43.3 Å². The molecular weight excluding hydrogens is 374 g/mol. The molecule has 8 heteroatoms. The van der Waals surface area contributed by atoms with E-state index in [2.05, 4.69) is 10.3 Å². The van der Waals surface area contributed by atoms with Gasteiger partial charge in [-0.25, -0.2) is 14.3 Å². The molecule has 0 atom stereocenters. The smallest absolute Gasteiger partial charge is 0.420 e. The summed E-state index contributed by atoms with van der Waals surface area (Å²) in [6.45, 7) is 2.00. The van der Waals surface area contributed by atoms with Crippen molar-refractivity contribution in [2.45, 2.75) is 12.1 Å². The number of rotatable bonds is 5. The summed E-state index contributed by atoms with van der Waals surface area (Å²) < 4.78 is 6.49. The van der Waals surface area contributed by atoms with Crippen molar-refractivity contribution in [2.75, 3.05) is 17.7 Å². The topological polar surface area (TPSA) is 73.2 Å². The third-order valence-corrected chi connectivity index (χ3v) is 4.63. The zero-order chi connectivity index (χ0) is 18.5. The van der Waals surface area contributed by atoms with E-state index in [0.29, 0.717) is 26.9 Å². The minimum Gasteiger partial charge on any atom is -0.449 e. The van der Waals surface area contributed by atoms with E-state index in [1.54, 1.807) is 37.3 Å². The quantitative estimate of drug-likeness (QED) is 0.653. The molecule has 2 aromatic carbocycles. The number of ether oxygens (including phenoxy) is 1. The van der Waals surface area contributed by atoms with Gasteiger partial charge in [-0.15, -0.1) is 0 Å². The molecule has 0 saturated heterocycles. The van der Waals surface area contributed by atoms with Crippen LogP contribution in [0, 0.1) is 0 Å². The number of hydrogen-bond donors (Lipinski definition) is 1. The number of hydrogen-bond acceptors (Lipinski definition) is 5. The zero-order valence-corrected chi connectivity index (χ0v) is 15.5. The minimum absolute atomic E-state index is 0.103. The molecule has 1 amide bonds. The number of fused-ring (bicyclic) bond motifs is 1. The number of benzene rings is 2. The summed E-state index contributed by atoms with van der Waals surface area (Å²) >= 11 is 7.00. The van der Waals surface area contributed by atoms with Gasteiger partial charge < -0.3 is 10.1 Å². The maximum Gasteiger partial charge on any atom is 0.420 e. The van der Waals surface area contributed by atoms with Crippen LogP contribution >= 0.6 is 23.4 Å². The van der Waals surface area contributed by atoms with Crippen molar-refractivity contribution in [3.8, 4) is 0 Å². The molecule has 0 radical (unpaired) electrons. The molecule has 0 saturated carbocycles. The van der Waals surface area contributed by atoms with Crippen molar-refractivity contribution >= 4 is 52.1 Å². The van der Waals surface area contributed by atoms with E-state index in [1.165, 1.54) is 16.3 Å². The second-order valence-electron chi connectivity index (χ2n) is 5.26. The van der Waals surface area contributed by atoms with Crippen LogP contribution in [0.3, 0.4) is 0 Å². The summed E-state index contributed by atoms with van der Waals surface area (Å²) in [7, 11) is 0. The Labute approximate surface area is 159 Å². The van der Waals surface area contributed by atoms with Gasteiger partial charge in [0.1, 0.15) is 0 Å². The van der Waals surface area contributed by atoms with Crippen LogP contribution < -0.4 is 5.32 Å². The van der Waals surface area contributed by atoms with Crippen molar-refractivity contribution in [1.82, 2.24) is 9.55 Å². The molecular formula is C18H16ClN3O3S. The first-order chi connectivity index (χ1) is 12.6. The van der Waals surface area contributed by atoms with Crippen LogP contribution in [0.1, 0.15) is 6.92 Å². The molecule has 0 fully saturated rings. The number of carbonyl (C=O) groups excluding carboxylic acids is 2. The van der Waals surface area contributed by atoms with Gasteiger partial charge in [-0.3, -0.25) is 4.79 Å². The highest BCUT2D eigenvalue weighted by Gasteiger charge is 2.19. The number of para-hydroxylation sites is 2. The van der Waals surface area contributed by atoms with Gasteiger partial charge in [0.2, 0.25) is 5.91 Å². The van der Waals surface area contributed by atoms with Gasteiger partial charge in [0.05, 0.1) is 23.4 Å². The first-order valence-corrected chi connectivity index (χ1v) is 9.27. The van der Waals surface area contributed by atoms with Crippen LogP contribution in [-0.4, -0.2) is 33.9 Å². The third-order valence-electron chi connectivity index (χ3n) is 3.44. The number of halogens is 1. The average Bonchev–Trinajstić information content (AvgIpc) is 3.00. The lowest BCUT2D eigenvalue weighted by Crippen LogP contribution is -2.17. The van der Waals surface area contributed by atoms with Crippen molar-refractivity contribution in [3.05, 3.63) is 53.6 Å². The molecule has 134 valence electrons. The Hall–Kier alpha value is -2.51. The molecule has 0 aliphatic rings. The fourth-order valence-electron chi connectivity index (χ4n) is 2.33. The Bertz CT molecular complexity index is 941. The summed E-state index contributed by atoms with van der Waals surface area (Å²) in [6.07, 6.45) is -0.512. The Morgan fingerprint density at radius 1 is 1.19 bits per heavy atom. The first kappa shape index (κ1) is 18.3.